The topological polar surface area (TPSA) is 78.9 Å². The molecule has 0 unspecified atom stereocenters. The molecular weight excluding hydrogens is 206 g/mol. The molecule has 0 saturated heterocycles. The van der Waals surface area contributed by atoms with Gasteiger partial charge in [0.25, 0.3) is 0 Å². The van der Waals surface area contributed by atoms with Gasteiger partial charge in [-0.3, -0.25) is 4.79 Å². The zero-order chi connectivity index (χ0) is 11.8. The number of nitrogens with zero attached hydrogens (tertiary/aromatic N) is 2. The van der Waals surface area contributed by atoms with Crippen LogP contribution in [0.15, 0.2) is 12.3 Å². The highest BCUT2D eigenvalue weighted by atomic mass is 16.1. The van der Waals surface area contributed by atoms with E-state index in [4.69, 9.17) is 0 Å². The minimum atomic E-state index is -0.0357. The summed E-state index contributed by atoms with van der Waals surface area (Å²) in [4.78, 5) is 19.4. The zero-order valence-corrected chi connectivity index (χ0v) is 9.58. The molecule has 0 aliphatic rings. The van der Waals surface area contributed by atoms with Crippen molar-refractivity contribution in [2.24, 2.45) is 0 Å². The van der Waals surface area contributed by atoms with Crippen LogP contribution < -0.4 is 16.0 Å². The van der Waals surface area contributed by atoms with Crippen LogP contribution in [0.2, 0.25) is 0 Å². The standard InChI is InChI=1S/C10H17N5O/c1-3-5-12-9(16)7-14-8-4-6-13-10(11-2)15-8/h4,6H,3,5,7H2,1-2H3,(H,12,16)(H2,11,13,14,15). The van der Waals surface area contributed by atoms with Crippen molar-refractivity contribution in [3.05, 3.63) is 12.3 Å². The monoisotopic (exact) mass is 223 g/mol. The summed E-state index contributed by atoms with van der Waals surface area (Å²) < 4.78 is 0. The summed E-state index contributed by atoms with van der Waals surface area (Å²) >= 11 is 0. The minimum Gasteiger partial charge on any atom is -0.361 e. The number of carbonyl (C=O) groups excluding carboxylic acids is 1. The second kappa shape index (κ2) is 6.60. The highest BCUT2D eigenvalue weighted by Gasteiger charge is 2.01. The van der Waals surface area contributed by atoms with E-state index in [-0.39, 0.29) is 12.5 Å². The van der Waals surface area contributed by atoms with Gasteiger partial charge in [0.2, 0.25) is 11.9 Å². The molecule has 0 aromatic carbocycles. The van der Waals surface area contributed by atoms with E-state index in [0.29, 0.717) is 18.3 Å². The van der Waals surface area contributed by atoms with Gasteiger partial charge in [0, 0.05) is 19.8 Å². The van der Waals surface area contributed by atoms with Crippen LogP contribution in [0.4, 0.5) is 11.8 Å². The normalized spacial score (nSPS) is 9.62. The molecule has 3 N–H and O–H groups in total. The second-order valence-corrected chi connectivity index (χ2v) is 3.22. The Balaban J connectivity index is 2.38. The first kappa shape index (κ1) is 12.2. The summed E-state index contributed by atoms with van der Waals surface area (Å²) in [5, 5.41) is 8.52. The largest absolute Gasteiger partial charge is 0.361 e. The Bertz CT molecular complexity index is 342. The molecule has 0 radical (unpaired) electrons. The molecule has 6 nitrogen and oxygen atoms in total. The van der Waals surface area contributed by atoms with Crippen LogP contribution in [-0.2, 0) is 4.79 Å². The quantitative estimate of drug-likeness (QED) is 0.653. The first-order valence-corrected chi connectivity index (χ1v) is 5.27. The Morgan fingerprint density at radius 3 is 3.00 bits per heavy atom. The lowest BCUT2D eigenvalue weighted by Gasteiger charge is -2.06. The summed E-state index contributed by atoms with van der Waals surface area (Å²) in [6, 6.07) is 1.72. The number of hydrogen-bond donors (Lipinski definition) is 3. The van der Waals surface area contributed by atoms with E-state index in [9.17, 15) is 4.79 Å². The maximum atomic E-state index is 11.3. The zero-order valence-electron chi connectivity index (χ0n) is 9.58. The number of amides is 1. The average molecular weight is 223 g/mol. The van der Waals surface area contributed by atoms with Gasteiger partial charge in [-0.25, -0.2) is 4.98 Å². The third-order valence-electron chi connectivity index (χ3n) is 1.88. The van der Waals surface area contributed by atoms with Gasteiger partial charge < -0.3 is 16.0 Å². The number of hydrogen-bond acceptors (Lipinski definition) is 5. The summed E-state index contributed by atoms with van der Waals surface area (Å²) in [6.45, 7) is 2.93. The third-order valence-corrected chi connectivity index (χ3v) is 1.88. The van der Waals surface area contributed by atoms with Crippen LogP contribution in [0.3, 0.4) is 0 Å². The van der Waals surface area contributed by atoms with Crippen molar-refractivity contribution in [3.8, 4) is 0 Å². The van der Waals surface area contributed by atoms with Crippen LogP contribution in [0, 0.1) is 0 Å². The molecule has 0 atom stereocenters. The fraction of sp³-hybridized carbons (Fsp3) is 0.500. The molecule has 16 heavy (non-hydrogen) atoms. The molecule has 1 rings (SSSR count). The Morgan fingerprint density at radius 2 is 2.31 bits per heavy atom. The van der Waals surface area contributed by atoms with Crippen LogP contribution in [0.25, 0.3) is 0 Å². The van der Waals surface area contributed by atoms with Gasteiger partial charge in [-0.2, -0.15) is 4.98 Å². The molecular formula is C10H17N5O. The van der Waals surface area contributed by atoms with Gasteiger partial charge in [0.15, 0.2) is 0 Å². The third kappa shape index (κ3) is 4.12. The summed E-state index contributed by atoms with van der Waals surface area (Å²) in [5.74, 6) is 1.12. The van der Waals surface area contributed by atoms with E-state index in [1.807, 2.05) is 6.92 Å². The molecule has 0 aliphatic heterocycles. The lowest BCUT2D eigenvalue weighted by atomic mass is 10.4. The lowest BCUT2D eigenvalue weighted by molar-refractivity contribution is -0.119. The van der Waals surface area contributed by atoms with E-state index >= 15 is 0 Å². The van der Waals surface area contributed by atoms with E-state index in [1.165, 1.54) is 0 Å². The molecule has 0 spiro atoms. The predicted octanol–water partition coefficient (Wildman–Crippen LogP) is 0.456. The van der Waals surface area contributed by atoms with Gasteiger partial charge >= 0.3 is 0 Å². The van der Waals surface area contributed by atoms with Crippen molar-refractivity contribution in [2.75, 3.05) is 30.8 Å². The van der Waals surface area contributed by atoms with Crippen LogP contribution in [0.5, 0.6) is 0 Å². The second-order valence-electron chi connectivity index (χ2n) is 3.22. The van der Waals surface area contributed by atoms with Crippen LogP contribution in [-0.4, -0.2) is 36.0 Å². The van der Waals surface area contributed by atoms with E-state index in [2.05, 4.69) is 25.9 Å². The smallest absolute Gasteiger partial charge is 0.239 e. The summed E-state index contributed by atoms with van der Waals surface area (Å²) in [6.07, 6.45) is 2.56. The molecule has 1 aromatic rings. The first-order chi connectivity index (χ1) is 7.76. The molecule has 0 aliphatic carbocycles. The summed E-state index contributed by atoms with van der Waals surface area (Å²) in [5.41, 5.74) is 0. The van der Waals surface area contributed by atoms with Gasteiger partial charge in [0.05, 0.1) is 6.54 Å². The molecule has 88 valence electrons. The molecule has 0 saturated carbocycles. The van der Waals surface area contributed by atoms with Crippen molar-refractivity contribution in [1.82, 2.24) is 15.3 Å². The summed E-state index contributed by atoms with van der Waals surface area (Å²) in [7, 11) is 1.74. The maximum absolute atomic E-state index is 11.3. The Hall–Kier alpha value is -1.85. The highest BCUT2D eigenvalue weighted by Crippen LogP contribution is 2.03. The van der Waals surface area contributed by atoms with Gasteiger partial charge in [0.1, 0.15) is 5.82 Å². The van der Waals surface area contributed by atoms with Crippen molar-refractivity contribution >= 4 is 17.7 Å². The predicted molar refractivity (Wildman–Crippen MR) is 63.4 cm³/mol. The molecule has 0 fully saturated rings. The Kier molecular flexibility index (Phi) is 5.04. The highest BCUT2D eigenvalue weighted by molar-refractivity contribution is 5.80. The molecule has 1 aromatic heterocycles. The fourth-order valence-electron chi connectivity index (χ4n) is 1.08. The van der Waals surface area contributed by atoms with Gasteiger partial charge in [-0.15, -0.1) is 0 Å². The molecule has 1 heterocycles. The van der Waals surface area contributed by atoms with Gasteiger partial charge in [-0.05, 0) is 12.5 Å². The number of nitrogens with one attached hydrogen (secondary N) is 3. The van der Waals surface area contributed by atoms with Gasteiger partial charge in [-0.1, -0.05) is 6.92 Å². The molecule has 0 bridgehead atoms. The van der Waals surface area contributed by atoms with E-state index in [0.717, 1.165) is 6.42 Å². The minimum absolute atomic E-state index is 0.0357. The van der Waals surface area contributed by atoms with Crippen molar-refractivity contribution < 1.29 is 4.79 Å². The van der Waals surface area contributed by atoms with E-state index < -0.39 is 0 Å². The lowest BCUT2D eigenvalue weighted by Crippen LogP contribution is -2.30. The van der Waals surface area contributed by atoms with Crippen molar-refractivity contribution in [2.45, 2.75) is 13.3 Å². The number of rotatable bonds is 6. The fourth-order valence-corrected chi connectivity index (χ4v) is 1.08. The van der Waals surface area contributed by atoms with E-state index in [1.54, 1.807) is 19.3 Å². The van der Waals surface area contributed by atoms with Crippen molar-refractivity contribution in [3.63, 3.8) is 0 Å². The average Bonchev–Trinajstić information content (AvgIpc) is 2.34. The number of aromatic nitrogens is 2. The first-order valence-electron chi connectivity index (χ1n) is 5.27. The molecule has 6 heteroatoms. The van der Waals surface area contributed by atoms with Crippen LogP contribution >= 0.6 is 0 Å². The number of carbonyl (C=O) groups is 1. The van der Waals surface area contributed by atoms with Crippen molar-refractivity contribution in [1.29, 1.82) is 0 Å². The maximum Gasteiger partial charge on any atom is 0.239 e. The molecule has 1 amide bonds. The number of anilines is 2. The van der Waals surface area contributed by atoms with Crippen LogP contribution in [0.1, 0.15) is 13.3 Å². The Morgan fingerprint density at radius 1 is 1.50 bits per heavy atom. The SMILES string of the molecule is CCCNC(=O)CNc1ccnc(NC)n1. The Labute approximate surface area is 94.9 Å².